The first-order valence-electron chi connectivity index (χ1n) is 4.23. The molecule has 0 saturated heterocycles. The van der Waals surface area contributed by atoms with E-state index in [1.807, 2.05) is 40.5 Å². The molecule has 0 aromatic carbocycles. The van der Waals surface area contributed by atoms with E-state index >= 15 is 0 Å². The number of aromatic nitrogens is 1. The van der Waals surface area contributed by atoms with Gasteiger partial charge in [0.2, 0.25) is 0 Å². The van der Waals surface area contributed by atoms with Crippen LogP contribution in [0.3, 0.4) is 0 Å². The van der Waals surface area contributed by atoms with Crippen LogP contribution >= 0.6 is 11.3 Å². The quantitative estimate of drug-likeness (QED) is 0.615. The molecule has 4 nitrogen and oxygen atoms in total. The van der Waals surface area contributed by atoms with Crippen LogP contribution in [-0.2, 0) is 0 Å². The summed E-state index contributed by atoms with van der Waals surface area (Å²) in [4.78, 5) is 12.0. The maximum atomic E-state index is 11.5. The number of amides is 1. The van der Waals surface area contributed by atoms with E-state index in [0.29, 0.717) is 4.88 Å². The van der Waals surface area contributed by atoms with Crippen LogP contribution in [0.1, 0.15) is 9.67 Å². The van der Waals surface area contributed by atoms with Crippen molar-refractivity contribution in [3.05, 3.63) is 40.8 Å². The van der Waals surface area contributed by atoms with Gasteiger partial charge in [-0.1, -0.05) is 0 Å². The van der Waals surface area contributed by atoms with Gasteiger partial charge in [-0.3, -0.25) is 10.1 Å². The van der Waals surface area contributed by atoms with Crippen LogP contribution in [0, 0.1) is 11.5 Å². The molecule has 2 heterocycles. The molecular weight excluding hydrogens is 210 g/mol. The number of nitriles is 1. The highest BCUT2D eigenvalue weighted by Crippen LogP contribution is 2.20. The summed E-state index contributed by atoms with van der Waals surface area (Å²) in [5.41, 5.74) is 0.790. The van der Waals surface area contributed by atoms with Crippen molar-refractivity contribution in [2.45, 2.75) is 0 Å². The standard InChI is InChI=1S/C10H7N3OS/c11-7-12-10(14)9-8(3-6-15-9)13-4-1-2-5-13/h1-6H,(H,12,14). The molecule has 0 aliphatic carbocycles. The number of carbonyl (C=O) groups excluding carboxylic acids is 1. The molecule has 2 aromatic rings. The molecular formula is C10H7N3OS. The summed E-state index contributed by atoms with van der Waals surface area (Å²) in [6.45, 7) is 0. The van der Waals surface area contributed by atoms with Crippen molar-refractivity contribution in [3.63, 3.8) is 0 Å². The van der Waals surface area contributed by atoms with Gasteiger partial charge in [-0.05, 0) is 23.6 Å². The molecule has 2 rings (SSSR count). The lowest BCUT2D eigenvalue weighted by Crippen LogP contribution is -2.17. The highest BCUT2D eigenvalue weighted by molar-refractivity contribution is 7.12. The van der Waals surface area contributed by atoms with E-state index in [1.54, 1.807) is 6.19 Å². The third kappa shape index (κ3) is 1.75. The van der Waals surface area contributed by atoms with Gasteiger partial charge in [-0.25, -0.2) is 0 Å². The number of hydrogen-bond acceptors (Lipinski definition) is 3. The van der Waals surface area contributed by atoms with E-state index in [2.05, 4.69) is 5.32 Å². The molecule has 5 heteroatoms. The monoisotopic (exact) mass is 217 g/mol. The summed E-state index contributed by atoms with van der Waals surface area (Å²) in [6, 6.07) is 5.60. The molecule has 1 N–H and O–H groups in total. The third-order valence-corrected chi connectivity index (χ3v) is 2.81. The normalized spacial score (nSPS) is 9.53. The average molecular weight is 217 g/mol. The second kappa shape index (κ2) is 3.98. The topological polar surface area (TPSA) is 57.8 Å². The molecule has 74 valence electrons. The van der Waals surface area contributed by atoms with Gasteiger partial charge in [0.25, 0.3) is 5.91 Å². The first-order chi connectivity index (χ1) is 7.33. The number of hydrogen-bond donors (Lipinski definition) is 1. The van der Waals surface area contributed by atoms with Crippen molar-refractivity contribution >= 4 is 17.2 Å². The molecule has 0 unspecified atom stereocenters. The Morgan fingerprint density at radius 2 is 2.20 bits per heavy atom. The number of thiophene rings is 1. The maximum absolute atomic E-state index is 11.5. The lowest BCUT2D eigenvalue weighted by Gasteiger charge is -2.02. The van der Waals surface area contributed by atoms with Crippen LogP contribution in [0.15, 0.2) is 36.0 Å². The van der Waals surface area contributed by atoms with Crippen LogP contribution in [-0.4, -0.2) is 10.5 Å². The molecule has 0 saturated carbocycles. The Morgan fingerprint density at radius 1 is 1.47 bits per heavy atom. The Labute approximate surface area is 90.4 Å². The van der Waals surface area contributed by atoms with Crippen molar-refractivity contribution in [1.29, 1.82) is 5.26 Å². The molecule has 15 heavy (non-hydrogen) atoms. The van der Waals surface area contributed by atoms with Crippen molar-refractivity contribution in [2.75, 3.05) is 0 Å². The van der Waals surface area contributed by atoms with Gasteiger partial charge >= 0.3 is 0 Å². The Morgan fingerprint density at radius 3 is 2.87 bits per heavy atom. The predicted molar refractivity (Wildman–Crippen MR) is 56.7 cm³/mol. The summed E-state index contributed by atoms with van der Waals surface area (Å²) in [5, 5.41) is 12.3. The molecule has 0 aliphatic heterocycles. The van der Waals surface area contributed by atoms with Gasteiger partial charge < -0.3 is 4.57 Å². The minimum Gasteiger partial charge on any atom is -0.322 e. The molecule has 0 fully saturated rings. The smallest absolute Gasteiger partial charge is 0.276 e. The highest BCUT2D eigenvalue weighted by Gasteiger charge is 2.13. The van der Waals surface area contributed by atoms with Crippen LogP contribution in [0.4, 0.5) is 0 Å². The SMILES string of the molecule is N#CNC(=O)c1sccc1-n1cccc1. The van der Waals surface area contributed by atoms with Crippen LogP contribution in [0.2, 0.25) is 0 Å². The molecule has 0 spiro atoms. The minimum atomic E-state index is -0.365. The van der Waals surface area contributed by atoms with E-state index in [1.165, 1.54) is 11.3 Å². The molecule has 0 aliphatic rings. The Balaban J connectivity index is 2.39. The summed E-state index contributed by atoms with van der Waals surface area (Å²) in [5.74, 6) is -0.365. The zero-order valence-electron chi connectivity index (χ0n) is 7.68. The van der Waals surface area contributed by atoms with Crippen molar-refractivity contribution in [2.24, 2.45) is 0 Å². The van der Waals surface area contributed by atoms with Gasteiger partial charge in [0.1, 0.15) is 4.88 Å². The van der Waals surface area contributed by atoms with Gasteiger partial charge in [-0.15, -0.1) is 11.3 Å². The van der Waals surface area contributed by atoms with Gasteiger partial charge in [-0.2, -0.15) is 5.26 Å². The Bertz CT molecular complexity index is 507. The molecule has 2 aromatic heterocycles. The average Bonchev–Trinajstić information content (AvgIpc) is 2.88. The molecule has 1 amide bonds. The van der Waals surface area contributed by atoms with Gasteiger partial charge in [0, 0.05) is 12.4 Å². The molecule has 0 bridgehead atoms. The number of carbonyl (C=O) groups is 1. The van der Waals surface area contributed by atoms with Crippen LogP contribution in [0.25, 0.3) is 5.69 Å². The Hall–Kier alpha value is -2.06. The van der Waals surface area contributed by atoms with Crippen molar-refractivity contribution < 1.29 is 4.79 Å². The molecule has 0 atom stereocenters. The summed E-state index contributed by atoms with van der Waals surface area (Å²) < 4.78 is 1.84. The fourth-order valence-electron chi connectivity index (χ4n) is 1.28. The van der Waals surface area contributed by atoms with E-state index in [9.17, 15) is 4.79 Å². The minimum absolute atomic E-state index is 0.365. The van der Waals surface area contributed by atoms with Crippen molar-refractivity contribution in [3.8, 4) is 11.9 Å². The fourth-order valence-corrected chi connectivity index (χ4v) is 2.06. The lowest BCUT2D eigenvalue weighted by molar-refractivity contribution is 0.0977. The van der Waals surface area contributed by atoms with E-state index in [0.717, 1.165) is 5.69 Å². The zero-order valence-corrected chi connectivity index (χ0v) is 8.49. The first kappa shape index (κ1) is 9.49. The fraction of sp³-hybridized carbons (Fsp3) is 0. The van der Waals surface area contributed by atoms with Gasteiger partial charge in [0.05, 0.1) is 5.69 Å². The Kier molecular flexibility index (Phi) is 2.52. The van der Waals surface area contributed by atoms with Crippen LogP contribution in [0.5, 0.6) is 0 Å². The zero-order chi connectivity index (χ0) is 10.7. The van der Waals surface area contributed by atoms with E-state index in [4.69, 9.17) is 5.26 Å². The summed E-state index contributed by atoms with van der Waals surface area (Å²) in [7, 11) is 0. The van der Waals surface area contributed by atoms with Crippen molar-refractivity contribution in [1.82, 2.24) is 9.88 Å². The summed E-state index contributed by atoms with van der Waals surface area (Å²) in [6.07, 6.45) is 5.33. The predicted octanol–water partition coefficient (Wildman–Crippen LogP) is 1.75. The first-order valence-corrected chi connectivity index (χ1v) is 5.11. The maximum Gasteiger partial charge on any atom is 0.276 e. The number of nitrogens with zero attached hydrogens (tertiary/aromatic N) is 2. The number of rotatable bonds is 2. The second-order valence-corrected chi connectivity index (χ2v) is 3.71. The molecule has 0 radical (unpaired) electrons. The van der Waals surface area contributed by atoms with Gasteiger partial charge in [0.15, 0.2) is 6.19 Å². The largest absolute Gasteiger partial charge is 0.322 e. The summed E-state index contributed by atoms with van der Waals surface area (Å²) >= 11 is 1.31. The lowest BCUT2D eigenvalue weighted by atomic mass is 10.3. The number of nitrogens with one attached hydrogen (secondary N) is 1. The van der Waals surface area contributed by atoms with E-state index < -0.39 is 0 Å². The van der Waals surface area contributed by atoms with E-state index in [-0.39, 0.29) is 5.91 Å². The third-order valence-electron chi connectivity index (χ3n) is 1.90. The van der Waals surface area contributed by atoms with Crippen LogP contribution < -0.4 is 5.32 Å². The highest BCUT2D eigenvalue weighted by atomic mass is 32.1. The second-order valence-electron chi connectivity index (χ2n) is 2.79.